The van der Waals surface area contributed by atoms with Gasteiger partial charge in [-0.3, -0.25) is 9.59 Å². The van der Waals surface area contributed by atoms with Gasteiger partial charge in [-0.25, -0.2) is 0 Å². The Hall–Kier alpha value is -1.97. The largest absolute Gasteiger partial charge is 0.352 e. The number of benzene rings is 1. The molecule has 0 bridgehead atoms. The summed E-state index contributed by atoms with van der Waals surface area (Å²) in [5.74, 6) is -0.334. The van der Waals surface area contributed by atoms with Crippen LogP contribution in [-0.4, -0.2) is 25.0 Å². The first kappa shape index (κ1) is 11.1. The Morgan fingerprint density at radius 2 is 2.00 bits per heavy atom. The summed E-state index contributed by atoms with van der Waals surface area (Å²) >= 11 is 0. The van der Waals surface area contributed by atoms with Crippen molar-refractivity contribution in [2.45, 2.75) is 6.42 Å². The Morgan fingerprint density at radius 1 is 1.27 bits per heavy atom. The van der Waals surface area contributed by atoms with Crippen LogP contribution in [0.2, 0.25) is 0 Å². The van der Waals surface area contributed by atoms with Crippen LogP contribution in [0.5, 0.6) is 0 Å². The highest BCUT2D eigenvalue weighted by Gasteiger charge is 2.08. The van der Waals surface area contributed by atoms with E-state index in [1.54, 1.807) is 24.3 Å². The lowest BCUT2D eigenvalue weighted by molar-refractivity contribution is -0.107. The third kappa shape index (κ3) is 3.02. The molecular formula is C11H11NO3. The van der Waals surface area contributed by atoms with E-state index in [1.807, 2.05) is 0 Å². The van der Waals surface area contributed by atoms with Crippen molar-refractivity contribution in [2.24, 2.45) is 0 Å². The third-order valence-electron chi connectivity index (χ3n) is 1.88. The first-order chi connectivity index (χ1) is 7.29. The molecule has 0 unspecified atom stereocenters. The smallest absolute Gasteiger partial charge is 0.252 e. The number of nitrogens with one attached hydrogen (secondary N) is 1. The minimum atomic E-state index is -0.334. The number of rotatable bonds is 5. The second-order valence-corrected chi connectivity index (χ2v) is 2.92. The highest BCUT2D eigenvalue weighted by Crippen LogP contribution is 2.05. The normalized spacial score (nSPS) is 9.33. The van der Waals surface area contributed by atoms with Crippen LogP contribution in [0.3, 0.4) is 0 Å². The lowest BCUT2D eigenvalue weighted by Gasteiger charge is -2.04. The molecule has 4 nitrogen and oxygen atoms in total. The lowest BCUT2D eigenvalue weighted by Crippen LogP contribution is -2.25. The molecule has 0 fully saturated rings. The van der Waals surface area contributed by atoms with Gasteiger partial charge in [-0.2, -0.15) is 0 Å². The van der Waals surface area contributed by atoms with Crippen molar-refractivity contribution in [3.05, 3.63) is 35.4 Å². The average Bonchev–Trinajstić information content (AvgIpc) is 2.29. The van der Waals surface area contributed by atoms with Crippen LogP contribution < -0.4 is 5.32 Å². The summed E-state index contributed by atoms with van der Waals surface area (Å²) in [5, 5.41) is 2.55. The molecule has 1 aromatic rings. The molecule has 0 aliphatic carbocycles. The van der Waals surface area contributed by atoms with Gasteiger partial charge < -0.3 is 10.1 Å². The van der Waals surface area contributed by atoms with Crippen molar-refractivity contribution in [3.8, 4) is 0 Å². The highest BCUT2D eigenvalue weighted by atomic mass is 16.2. The summed E-state index contributed by atoms with van der Waals surface area (Å²) in [6, 6.07) is 6.51. The molecule has 1 aromatic carbocycles. The Morgan fingerprint density at radius 3 is 2.67 bits per heavy atom. The number of hydrogen-bond acceptors (Lipinski definition) is 3. The third-order valence-corrected chi connectivity index (χ3v) is 1.88. The second-order valence-electron chi connectivity index (χ2n) is 2.92. The van der Waals surface area contributed by atoms with Gasteiger partial charge >= 0.3 is 0 Å². The SMILES string of the molecule is O=CCCNC(=O)c1ccccc1C=O. The van der Waals surface area contributed by atoms with Gasteiger partial charge in [-0.1, -0.05) is 18.2 Å². The molecule has 15 heavy (non-hydrogen) atoms. The van der Waals surface area contributed by atoms with Gasteiger partial charge in [-0.05, 0) is 6.07 Å². The minimum absolute atomic E-state index is 0.273. The summed E-state index contributed by atoms with van der Waals surface area (Å²) in [7, 11) is 0. The predicted octanol–water partition coefficient (Wildman–Crippen LogP) is 0.818. The van der Waals surface area contributed by atoms with Crippen LogP contribution in [0.25, 0.3) is 0 Å². The lowest BCUT2D eigenvalue weighted by atomic mass is 10.1. The van der Waals surface area contributed by atoms with E-state index in [0.29, 0.717) is 17.4 Å². The Labute approximate surface area is 87.3 Å². The molecular weight excluding hydrogens is 194 g/mol. The monoisotopic (exact) mass is 205 g/mol. The van der Waals surface area contributed by atoms with E-state index >= 15 is 0 Å². The van der Waals surface area contributed by atoms with Crippen molar-refractivity contribution in [3.63, 3.8) is 0 Å². The summed E-state index contributed by atoms with van der Waals surface area (Å²) < 4.78 is 0. The molecule has 0 aromatic heterocycles. The van der Waals surface area contributed by atoms with Crippen molar-refractivity contribution in [1.82, 2.24) is 5.32 Å². The van der Waals surface area contributed by atoms with Crippen LogP contribution in [0, 0.1) is 0 Å². The molecule has 1 rings (SSSR count). The van der Waals surface area contributed by atoms with Gasteiger partial charge in [0.05, 0.1) is 0 Å². The molecule has 4 heteroatoms. The zero-order chi connectivity index (χ0) is 11.1. The molecule has 0 heterocycles. The van der Waals surface area contributed by atoms with Gasteiger partial charge in [0.2, 0.25) is 0 Å². The standard InChI is InChI=1S/C11H11NO3/c13-7-3-6-12-11(15)10-5-2-1-4-9(10)8-14/h1-2,4-5,7-8H,3,6H2,(H,12,15). The number of carbonyl (C=O) groups is 3. The van der Waals surface area contributed by atoms with Crippen molar-refractivity contribution in [1.29, 1.82) is 0 Å². The van der Waals surface area contributed by atoms with Crippen molar-refractivity contribution in [2.75, 3.05) is 6.54 Å². The highest BCUT2D eigenvalue weighted by molar-refractivity contribution is 6.01. The fourth-order valence-electron chi connectivity index (χ4n) is 1.15. The molecule has 1 N–H and O–H groups in total. The molecule has 0 aliphatic heterocycles. The van der Waals surface area contributed by atoms with Gasteiger partial charge in [0, 0.05) is 24.1 Å². The van der Waals surface area contributed by atoms with E-state index in [-0.39, 0.29) is 18.9 Å². The van der Waals surface area contributed by atoms with E-state index in [4.69, 9.17) is 0 Å². The number of aldehydes is 2. The number of carbonyl (C=O) groups excluding carboxylic acids is 3. The van der Waals surface area contributed by atoms with Crippen molar-refractivity contribution >= 4 is 18.5 Å². The summed E-state index contributed by atoms with van der Waals surface area (Å²) in [6.45, 7) is 0.287. The fourth-order valence-corrected chi connectivity index (χ4v) is 1.15. The van der Waals surface area contributed by atoms with Crippen LogP contribution in [0.15, 0.2) is 24.3 Å². The van der Waals surface area contributed by atoms with Crippen LogP contribution >= 0.6 is 0 Å². The topological polar surface area (TPSA) is 63.2 Å². The van der Waals surface area contributed by atoms with Gasteiger partial charge in [0.15, 0.2) is 6.29 Å². The maximum Gasteiger partial charge on any atom is 0.252 e. The molecule has 0 saturated heterocycles. The number of amides is 1. The first-order valence-corrected chi connectivity index (χ1v) is 4.55. The van der Waals surface area contributed by atoms with Crippen LogP contribution in [0.4, 0.5) is 0 Å². The van der Waals surface area contributed by atoms with E-state index in [2.05, 4.69) is 5.32 Å². The molecule has 78 valence electrons. The summed E-state index contributed by atoms with van der Waals surface area (Å²) in [4.78, 5) is 32.2. The van der Waals surface area contributed by atoms with Crippen molar-refractivity contribution < 1.29 is 14.4 Å². The Bertz CT molecular complexity index is 374. The molecule has 0 aliphatic rings. The predicted molar refractivity (Wildman–Crippen MR) is 54.8 cm³/mol. The fraction of sp³-hybridized carbons (Fsp3) is 0.182. The molecule has 0 radical (unpaired) electrons. The van der Waals surface area contributed by atoms with E-state index in [1.165, 1.54) is 0 Å². The van der Waals surface area contributed by atoms with Crippen LogP contribution in [0.1, 0.15) is 27.1 Å². The summed E-state index contributed by atoms with van der Waals surface area (Å²) in [6.07, 6.45) is 1.63. The second kappa shape index (κ2) is 5.70. The van der Waals surface area contributed by atoms with Gasteiger partial charge in [0.1, 0.15) is 6.29 Å². The Kier molecular flexibility index (Phi) is 4.22. The minimum Gasteiger partial charge on any atom is -0.352 e. The van der Waals surface area contributed by atoms with E-state index in [0.717, 1.165) is 6.29 Å². The molecule has 1 amide bonds. The Balaban J connectivity index is 2.72. The molecule has 0 saturated carbocycles. The average molecular weight is 205 g/mol. The zero-order valence-electron chi connectivity index (χ0n) is 8.10. The number of hydrogen-bond donors (Lipinski definition) is 1. The first-order valence-electron chi connectivity index (χ1n) is 4.55. The maximum atomic E-state index is 11.5. The quantitative estimate of drug-likeness (QED) is 0.571. The molecule has 0 spiro atoms. The van der Waals surface area contributed by atoms with Crippen LogP contribution in [-0.2, 0) is 4.79 Å². The maximum absolute atomic E-state index is 11.5. The molecule has 0 atom stereocenters. The van der Waals surface area contributed by atoms with Gasteiger partial charge in [0.25, 0.3) is 5.91 Å². The van der Waals surface area contributed by atoms with Gasteiger partial charge in [-0.15, -0.1) is 0 Å². The summed E-state index contributed by atoms with van der Waals surface area (Å²) in [5.41, 5.74) is 0.680. The van der Waals surface area contributed by atoms with E-state index < -0.39 is 0 Å². The van der Waals surface area contributed by atoms with E-state index in [9.17, 15) is 14.4 Å². The zero-order valence-corrected chi connectivity index (χ0v) is 8.10.